The lowest BCUT2D eigenvalue weighted by atomic mass is 9.86. The Morgan fingerprint density at radius 3 is 2.64 bits per heavy atom. The summed E-state index contributed by atoms with van der Waals surface area (Å²) in [6.07, 6.45) is 7.47. The molecule has 1 saturated heterocycles. The van der Waals surface area contributed by atoms with Crippen molar-refractivity contribution in [1.29, 1.82) is 0 Å². The van der Waals surface area contributed by atoms with E-state index in [0.717, 1.165) is 24.7 Å². The summed E-state index contributed by atoms with van der Waals surface area (Å²) in [5, 5.41) is 2.91. The van der Waals surface area contributed by atoms with E-state index >= 15 is 0 Å². The van der Waals surface area contributed by atoms with Crippen molar-refractivity contribution >= 4 is 21.6 Å². The van der Waals surface area contributed by atoms with Crippen LogP contribution in [0.25, 0.3) is 0 Å². The van der Waals surface area contributed by atoms with Gasteiger partial charge in [0.2, 0.25) is 15.9 Å². The molecule has 2 aliphatic carbocycles. The topological polar surface area (TPSA) is 66.5 Å². The number of carbonyl (C=O) groups is 1. The van der Waals surface area contributed by atoms with Crippen LogP contribution in [0.5, 0.6) is 0 Å². The van der Waals surface area contributed by atoms with Gasteiger partial charge in [-0.25, -0.2) is 8.42 Å². The second kappa shape index (κ2) is 6.72. The van der Waals surface area contributed by atoms with Crippen LogP contribution in [0.15, 0.2) is 29.2 Å². The summed E-state index contributed by atoms with van der Waals surface area (Å²) in [7, 11) is -3.44. The molecule has 2 bridgehead atoms. The van der Waals surface area contributed by atoms with Gasteiger partial charge in [0.25, 0.3) is 0 Å². The predicted molar refractivity (Wildman–Crippen MR) is 96.6 cm³/mol. The van der Waals surface area contributed by atoms with Crippen LogP contribution in [0.3, 0.4) is 0 Å². The monoisotopic (exact) mass is 362 g/mol. The number of anilines is 1. The highest BCUT2D eigenvalue weighted by Crippen LogP contribution is 2.49. The predicted octanol–water partition coefficient (Wildman–Crippen LogP) is 3.24. The SMILES string of the molecule is O=C(C[C@@H]1C[C@@H]2CC[C@@H]1C2)Nc1cccc(S(=O)(=O)N2CCCC2)c1. The largest absolute Gasteiger partial charge is 0.326 e. The summed E-state index contributed by atoms with van der Waals surface area (Å²) < 4.78 is 26.8. The third-order valence-corrected chi connectivity index (χ3v) is 8.05. The van der Waals surface area contributed by atoms with E-state index in [9.17, 15) is 13.2 Å². The fourth-order valence-electron chi connectivity index (χ4n) is 4.89. The van der Waals surface area contributed by atoms with Crippen LogP contribution in [0.2, 0.25) is 0 Å². The highest BCUT2D eigenvalue weighted by molar-refractivity contribution is 7.89. The average molecular weight is 362 g/mol. The van der Waals surface area contributed by atoms with Crippen LogP contribution in [0.1, 0.15) is 44.9 Å². The number of sulfonamides is 1. The standard InChI is InChI=1S/C19H26N2O3S/c22-19(12-16-11-14-6-7-15(16)10-14)20-17-4-3-5-18(13-17)25(23,24)21-8-1-2-9-21/h3-5,13-16H,1-2,6-12H2,(H,20,22)/t14-,15-,16+/m1/s1. The Morgan fingerprint density at radius 1 is 1.16 bits per heavy atom. The first-order valence-electron chi connectivity index (χ1n) is 9.42. The van der Waals surface area contributed by atoms with E-state index in [1.165, 1.54) is 30.0 Å². The first-order valence-corrected chi connectivity index (χ1v) is 10.9. The van der Waals surface area contributed by atoms with Crippen LogP contribution in [-0.4, -0.2) is 31.7 Å². The second-order valence-electron chi connectivity index (χ2n) is 7.83. The molecule has 1 heterocycles. The molecule has 1 aromatic rings. The fraction of sp³-hybridized carbons (Fsp3) is 0.632. The van der Waals surface area contributed by atoms with Gasteiger partial charge in [-0.05, 0) is 68.1 Å². The third kappa shape index (κ3) is 3.47. The fourth-order valence-corrected chi connectivity index (χ4v) is 6.45. The normalized spacial score (nSPS) is 29.2. The molecule has 0 aromatic heterocycles. The number of carbonyl (C=O) groups excluding carboxylic acids is 1. The molecule has 1 N–H and O–H groups in total. The molecular formula is C19H26N2O3S. The van der Waals surface area contributed by atoms with Gasteiger partial charge in [-0.15, -0.1) is 0 Å². The van der Waals surface area contributed by atoms with Gasteiger partial charge in [0.15, 0.2) is 0 Å². The molecular weight excluding hydrogens is 336 g/mol. The number of nitrogens with one attached hydrogen (secondary N) is 1. The van der Waals surface area contributed by atoms with E-state index in [-0.39, 0.29) is 10.8 Å². The van der Waals surface area contributed by atoms with Crippen LogP contribution in [-0.2, 0) is 14.8 Å². The first kappa shape index (κ1) is 17.0. The van der Waals surface area contributed by atoms with Gasteiger partial charge in [0.1, 0.15) is 0 Å². The lowest BCUT2D eigenvalue weighted by molar-refractivity contribution is -0.117. The highest BCUT2D eigenvalue weighted by atomic mass is 32.2. The second-order valence-corrected chi connectivity index (χ2v) is 9.76. The van der Waals surface area contributed by atoms with Crippen LogP contribution < -0.4 is 5.32 Å². The Balaban J connectivity index is 1.42. The maximum Gasteiger partial charge on any atom is 0.243 e. The van der Waals surface area contributed by atoms with E-state index in [0.29, 0.717) is 31.1 Å². The zero-order chi connectivity index (χ0) is 17.4. The van der Waals surface area contributed by atoms with Crippen molar-refractivity contribution in [2.45, 2.75) is 49.8 Å². The Morgan fingerprint density at radius 2 is 1.96 bits per heavy atom. The van der Waals surface area contributed by atoms with E-state index in [4.69, 9.17) is 0 Å². The quantitative estimate of drug-likeness (QED) is 0.874. The number of fused-ring (bicyclic) bond motifs is 2. The average Bonchev–Trinajstić information content (AvgIpc) is 3.33. The zero-order valence-electron chi connectivity index (χ0n) is 14.5. The van der Waals surface area contributed by atoms with Crippen molar-refractivity contribution in [2.75, 3.05) is 18.4 Å². The van der Waals surface area contributed by atoms with E-state index in [1.54, 1.807) is 24.3 Å². The smallest absolute Gasteiger partial charge is 0.243 e. The minimum Gasteiger partial charge on any atom is -0.326 e. The van der Waals surface area contributed by atoms with Gasteiger partial charge in [-0.2, -0.15) is 4.31 Å². The van der Waals surface area contributed by atoms with Gasteiger partial charge < -0.3 is 5.32 Å². The van der Waals surface area contributed by atoms with Crippen molar-refractivity contribution < 1.29 is 13.2 Å². The molecule has 1 aliphatic heterocycles. The molecule has 3 atom stereocenters. The third-order valence-electron chi connectivity index (χ3n) is 6.15. The Labute approximate surface area is 149 Å². The maximum atomic E-state index is 12.7. The molecule has 1 amide bonds. The minimum atomic E-state index is -3.44. The first-order chi connectivity index (χ1) is 12.0. The van der Waals surface area contributed by atoms with Crippen molar-refractivity contribution in [1.82, 2.24) is 4.31 Å². The summed E-state index contributed by atoms with van der Waals surface area (Å²) in [5.74, 6) is 2.07. The van der Waals surface area contributed by atoms with Gasteiger partial charge in [0.05, 0.1) is 4.90 Å². The van der Waals surface area contributed by atoms with Gasteiger partial charge in [-0.1, -0.05) is 12.5 Å². The van der Waals surface area contributed by atoms with Crippen LogP contribution >= 0.6 is 0 Å². The van der Waals surface area contributed by atoms with Crippen LogP contribution in [0, 0.1) is 17.8 Å². The van der Waals surface area contributed by atoms with Crippen molar-refractivity contribution in [2.24, 2.45) is 17.8 Å². The molecule has 25 heavy (non-hydrogen) atoms. The Hall–Kier alpha value is -1.40. The summed E-state index contributed by atoms with van der Waals surface area (Å²) in [4.78, 5) is 12.7. The number of amides is 1. The van der Waals surface area contributed by atoms with Crippen molar-refractivity contribution in [3.8, 4) is 0 Å². The lowest BCUT2D eigenvalue weighted by Crippen LogP contribution is -2.28. The van der Waals surface area contributed by atoms with Crippen molar-refractivity contribution in [3.05, 3.63) is 24.3 Å². The molecule has 0 unspecified atom stereocenters. The summed E-state index contributed by atoms with van der Waals surface area (Å²) in [5.41, 5.74) is 0.577. The number of nitrogens with zero attached hydrogens (tertiary/aromatic N) is 1. The van der Waals surface area contributed by atoms with Gasteiger partial charge in [0, 0.05) is 25.2 Å². The zero-order valence-corrected chi connectivity index (χ0v) is 15.3. The van der Waals surface area contributed by atoms with E-state index < -0.39 is 10.0 Å². The maximum absolute atomic E-state index is 12.7. The van der Waals surface area contributed by atoms with Gasteiger partial charge >= 0.3 is 0 Å². The van der Waals surface area contributed by atoms with E-state index in [1.807, 2.05) is 0 Å². The molecule has 3 fully saturated rings. The molecule has 0 radical (unpaired) electrons. The number of benzene rings is 1. The number of hydrogen-bond donors (Lipinski definition) is 1. The lowest BCUT2D eigenvalue weighted by Gasteiger charge is -2.21. The molecule has 5 nitrogen and oxygen atoms in total. The molecule has 6 heteroatoms. The molecule has 3 aliphatic rings. The summed E-state index contributed by atoms with van der Waals surface area (Å²) in [6, 6.07) is 6.67. The minimum absolute atomic E-state index is 0.00766. The highest BCUT2D eigenvalue weighted by Gasteiger charge is 2.40. The summed E-state index contributed by atoms with van der Waals surface area (Å²) in [6.45, 7) is 1.17. The molecule has 4 rings (SSSR count). The van der Waals surface area contributed by atoms with Crippen LogP contribution in [0.4, 0.5) is 5.69 Å². The number of rotatable bonds is 5. The number of hydrogen-bond acceptors (Lipinski definition) is 3. The molecule has 2 saturated carbocycles. The summed E-state index contributed by atoms with van der Waals surface area (Å²) >= 11 is 0. The van der Waals surface area contributed by atoms with Gasteiger partial charge in [-0.3, -0.25) is 4.79 Å². The Kier molecular flexibility index (Phi) is 4.58. The Bertz CT molecular complexity index is 756. The van der Waals surface area contributed by atoms with Crippen molar-refractivity contribution in [3.63, 3.8) is 0 Å². The molecule has 1 aromatic carbocycles. The molecule has 136 valence electrons. The molecule has 0 spiro atoms. The van der Waals surface area contributed by atoms with E-state index in [2.05, 4.69) is 5.32 Å².